The smallest absolute Gasteiger partial charge is 0.264 e. The van der Waals surface area contributed by atoms with Crippen molar-refractivity contribution in [2.75, 3.05) is 30.9 Å². The predicted octanol–water partition coefficient (Wildman–Crippen LogP) is 3.17. The van der Waals surface area contributed by atoms with Crippen molar-refractivity contribution in [3.8, 4) is 0 Å². The van der Waals surface area contributed by atoms with E-state index in [1.165, 1.54) is 30.6 Å². The third-order valence-corrected chi connectivity index (χ3v) is 7.49. The van der Waals surface area contributed by atoms with Crippen LogP contribution in [0, 0.1) is 5.82 Å². The average Bonchev–Trinajstić information content (AvgIpc) is 2.92. The van der Waals surface area contributed by atoms with Gasteiger partial charge in [0.1, 0.15) is 10.7 Å². The van der Waals surface area contributed by atoms with Crippen LogP contribution in [0.3, 0.4) is 0 Å². The second-order valence-electron chi connectivity index (χ2n) is 8.49. The first-order valence-corrected chi connectivity index (χ1v) is 13.0. The molecule has 4 aromatic rings. The van der Waals surface area contributed by atoms with Crippen molar-refractivity contribution in [1.82, 2.24) is 19.8 Å². The Morgan fingerprint density at radius 3 is 2.16 bits per heavy atom. The second kappa shape index (κ2) is 9.94. The van der Waals surface area contributed by atoms with Crippen LogP contribution in [0.15, 0.2) is 84.1 Å². The van der Waals surface area contributed by atoms with Gasteiger partial charge in [0.15, 0.2) is 0 Å². The monoisotopic (exact) mass is 519 g/mol. The number of nitrogens with one attached hydrogen (secondary N) is 1. The first kappa shape index (κ1) is 24.3. The summed E-state index contributed by atoms with van der Waals surface area (Å²) in [6.45, 7) is 1.24. The maximum absolute atomic E-state index is 13.4. The topological polar surface area (TPSA) is 113 Å². The van der Waals surface area contributed by atoms with Crippen LogP contribution < -0.4 is 4.72 Å². The first-order valence-electron chi connectivity index (χ1n) is 11.5. The molecular formula is C26H22FN5O4S. The molecular weight excluding hydrogens is 497 g/mol. The largest absolute Gasteiger partial charge is 0.335 e. The number of amides is 2. The number of fused-ring (bicyclic) bond motifs is 1. The minimum Gasteiger partial charge on any atom is -0.335 e. The Hall–Kier alpha value is -4.38. The van der Waals surface area contributed by atoms with Gasteiger partial charge in [-0.25, -0.2) is 12.8 Å². The summed E-state index contributed by atoms with van der Waals surface area (Å²) < 4.78 is 41.9. The van der Waals surface area contributed by atoms with Gasteiger partial charge in [0.2, 0.25) is 0 Å². The van der Waals surface area contributed by atoms with Gasteiger partial charge in [-0.05, 0) is 42.5 Å². The Bertz CT molecular complexity index is 1580. The molecule has 0 spiro atoms. The molecule has 1 N–H and O–H groups in total. The van der Waals surface area contributed by atoms with Gasteiger partial charge in [0.25, 0.3) is 21.8 Å². The summed E-state index contributed by atoms with van der Waals surface area (Å²) in [6, 6.07) is 15.8. The molecule has 1 aliphatic rings. The molecule has 5 rings (SSSR count). The maximum atomic E-state index is 13.4. The number of anilines is 1. The molecule has 0 unspecified atom stereocenters. The van der Waals surface area contributed by atoms with Crippen molar-refractivity contribution in [3.05, 3.63) is 96.2 Å². The number of hydrogen-bond donors (Lipinski definition) is 1. The molecule has 2 aromatic carbocycles. The Labute approximate surface area is 212 Å². The SMILES string of the molecule is O=C(c1ccc(NS(=O)(=O)c2cccc3cccnc23)cc1)N1CCN(C(=O)c2cncc(F)c2)CC1. The van der Waals surface area contributed by atoms with Gasteiger partial charge in [0.05, 0.1) is 17.3 Å². The van der Waals surface area contributed by atoms with Gasteiger partial charge in [0, 0.05) is 55.2 Å². The summed E-state index contributed by atoms with van der Waals surface area (Å²) in [7, 11) is -3.91. The van der Waals surface area contributed by atoms with E-state index in [4.69, 9.17) is 0 Å². The Morgan fingerprint density at radius 2 is 1.49 bits per heavy atom. The number of sulfonamides is 1. The number of para-hydroxylation sites is 1. The number of aromatic nitrogens is 2. The van der Waals surface area contributed by atoms with E-state index in [2.05, 4.69) is 14.7 Å². The zero-order valence-electron chi connectivity index (χ0n) is 19.5. The number of pyridine rings is 2. The van der Waals surface area contributed by atoms with E-state index in [1.807, 2.05) is 0 Å². The van der Waals surface area contributed by atoms with Gasteiger partial charge in [-0.2, -0.15) is 0 Å². The number of hydrogen-bond acceptors (Lipinski definition) is 6. The standard InChI is InChI=1S/C26H22FN5O4S/c27-21-15-20(16-28-17-21)26(34)32-13-11-31(12-14-32)25(33)19-6-8-22(9-7-19)30-37(35,36)23-5-1-3-18-4-2-10-29-24(18)23/h1-10,15-17,30H,11-14H2. The van der Waals surface area contributed by atoms with Gasteiger partial charge in [-0.15, -0.1) is 0 Å². The summed E-state index contributed by atoms with van der Waals surface area (Å²) in [6.07, 6.45) is 3.89. The fraction of sp³-hybridized carbons (Fsp3) is 0.154. The predicted molar refractivity (Wildman–Crippen MR) is 135 cm³/mol. The molecule has 1 aliphatic heterocycles. The zero-order chi connectivity index (χ0) is 26.0. The number of benzene rings is 2. The fourth-order valence-corrected chi connectivity index (χ4v) is 5.43. The van der Waals surface area contributed by atoms with Crippen LogP contribution in [0.4, 0.5) is 10.1 Å². The molecule has 2 aromatic heterocycles. The number of halogens is 1. The molecule has 9 nitrogen and oxygen atoms in total. The number of carbonyl (C=O) groups is 2. The van der Waals surface area contributed by atoms with Crippen LogP contribution in [0.2, 0.25) is 0 Å². The number of nitrogens with zero attached hydrogens (tertiary/aromatic N) is 4. The molecule has 0 bridgehead atoms. The third kappa shape index (κ3) is 5.12. The highest BCUT2D eigenvalue weighted by Gasteiger charge is 2.26. The highest BCUT2D eigenvalue weighted by atomic mass is 32.2. The molecule has 2 amide bonds. The van der Waals surface area contributed by atoms with Crippen LogP contribution in [-0.4, -0.2) is 66.2 Å². The zero-order valence-corrected chi connectivity index (χ0v) is 20.4. The lowest BCUT2D eigenvalue weighted by atomic mass is 10.1. The fourth-order valence-electron chi connectivity index (χ4n) is 4.19. The van der Waals surface area contributed by atoms with Gasteiger partial charge in [-0.1, -0.05) is 18.2 Å². The lowest BCUT2D eigenvalue weighted by Crippen LogP contribution is -2.50. The number of piperazine rings is 1. The van der Waals surface area contributed by atoms with Crippen molar-refractivity contribution in [3.63, 3.8) is 0 Å². The molecule has 0 saturated carbocycles. The summed E-state index contributed by atoms with van der Waals surface area (Å²) in [5.74, 6) is -1.15. The minimum atomic E-state index is -3.91. The Kier molecular flexibility index (Phi) is 6.53. The van der Waals surface area contributed by atoms with Crippen molar-refractivity contribution in [2.24, 2.45) is 0 Å². The van der Waals surface area contributed by atoms with E-state index < -0.39 is 15.8 Å². The normalized spacial score (nSPS) is 14.0. The summed E-state index contributed by atoms with van der Waals surface area (Å²) in [5, 5.41) is 0.709. The van der Waals surface area contributed by atoms with Crippen LogP contribution in [0.25, 0.3) is 10.9 Å². The molecule has 3 heterocycles. The lowest BCUT2D eigenvalue weighted by molar-refractivity contribution is 0.0535. The highest BCUT2D eigenvalue weighted by Crippen LogP contribution is 2.24. The van der Waals surface area contributed by atoms with Crippen molar-refractivity contribution >= 4 is 38.4 Å². The molecule has 37 heavy (non-hydrogen) atoms. The molecule has 188 valence electrons. The van der Waals surface area contributed by atoms with E-state index in [9.17, 15) is 22.4 Å². The van der Waals surface area contributed by atoms with Crippen molar-refractivity contribution < 1.29 is 22.4 Å². The van der Waals surface area contributed by atoms with E-state index in [0.717, 1.165) is 12.3 Å². The number of rotatable bonds is 5. The van der Waals surface area contributed by atoms with Gasteiger partial charge < -0.3 is 9.80 Å². The molecule has 11 heteroatoms. The van der Waals surface area contributed by atoms with Crippen molar-refractivity contribution in [2.45, 2.75) is 4.90 Å². The van der Waals surface area contributed by atoms with Gasteiger partial charge in [-0.3, -0.25) is 24.3 Å². The van der Waals surface area contributed by atoms with Gasteiger partial charge >= 0.3 is 0 Å². The lowest BCUT2D eigenvalue weighted by Gasteiger charge is -2.34. The van der Waals surface area contributed by atoms with Crippen molar-refractivity contribution in [1.29, 1.82) is 0 Å². The Balaban J connectivity index is 1.23. The van der Waals surface area contributed by atoms with Crippen LogP contribution in [0.1, 0.15) is 20.7 Å². The first-order chi connectivity index (χ1) is 17.8. The van der Waals surface area contributed by atoms with Crippen LogP contribution in [0.5, 0.6) is 0 Å². The van der Waals surface area contributed by atoms with E-state index >= 15 is 0 Å². The summed E-state index contributed by atoms with van der Waals surface area (Å²) in [5.41, 5.74) is 1.24. The molecule has 0 radical (unpaired) electrons. The molecule has 1 fully saturated rings. The van der Waals surface area contributed by atoms with Crippen LogP contribution >= 0.6 is 0 Å². The highest BCUT2D eigenvalue weighted by molar-refractivity contribution is 7.93. The molecule has 1 saturated heterocycles. The number of carbonyl (C=O) groups excluding carboxylic acids is 2. The van der Waals surface area contributed by atoms with E-state index in [1.54, 1.807) is 46.2 Å². The summed E-state index contributed by atoms with van der Waals surface area (Å²) in [4.78, 5) is 36.7. The average molecular weight is 520 g/mol. The molecule has 0 aliphatic carbocycles. The van der Waals surface area contributed by atoms with Crippen LogP contribution in [-0.2, 0) is 10.0 Å². The quantitative estimate of drug-likeness (QED) is 0.434. The second-order valence-corrected chi connectivity index (χ2v) is 10.1. The van der Waals surface area contributed by atoms with E-state index in [0.29, 0.717) is 48.3 Å². The third-order valence-electron chi connectivity index (χ3n) is 6.08. The Morgan fingerprint density at radius 1 is 0.838 bits per heavy atom. The maximum Gasteiger partial charge on any atom is 0.264 e. The summed E-state index contributed by atoms with van der Waals surface area (Å²) >= 11 is 0. The van der Waals surface area contributed by atoms with E-state index in [-0.39, 0.29) is 22.3 Å². The minimum absolute atomic E-state index is 0.0622. The molecule has 0 atom stereocenters.